The number of halogens is 1. The van der Waals surface area contributed by atoms with Gasteiger partial charge in [0.2, 0.25) is 5.91 Å². The summed E-state index contributed by atoms with van der Waals surface area (Å²) >= 11 is 6.01. The van der Waals surface area contributed by atoms with Gasteiger partial charge in [-0.1, -0.05) is 36.7 Å². The van der Waals surface area contributed by atoms with Gasteiger partial charge in [0, 0.05) is 12.6 Å². The highest BCUT2D eigenvalue weighted by molar-refractivity contribution is 6.33. The molecule has 25 heavy (non-hydrogen) atoms. The molecule has 0 saturated carbocycles. The molecule has 0 heterocycles. The van der Waals surface area contributed by atoms with E-state index in [1.165, 1.54) is 4.90 Å². The van der Waals surface area contributed by atoms with Crippen LogP contribution in [0.15, 0.2) is 48.5 Å². The largest absolute Gasteiger partial charge is 0.494 e. The van der Waals surface area contributed by atoms with Gasteiger partial charge in [-0.15, -0.1) is 0 Å². The van der Waals surface area contributed by atoms with E-state index in [4.69, 9.17) is 16.3 Å². The SMILES string of the molecule is CCCOc1cccc(C(=O)N(C)CC(=O)Nc2ccccc2Cl)c1. The monoisotopic (exact) mass is 360 g/mol. The van der Waals surface area contributed by atoms with Gasteiger partial charge in [-0.05, 0) is 36.8 Å². The first-order valence-corrected chi connectivity index (χ1v) is 8.41. The Morgan fingerprint density at radius 1 is 1.16 bits per heavy atom. The van der Waals surface area contributed by atoms with Crippen LogP contribution in [-0.4, -0.2) is 36.9 Å². The summed E-state index contributed by atoms with van der Waals surface area (Å²) in [4.78, 5) is 26.0. The Bertz CT molecular complexity index is 749. The van der Waals surface area contributed by atoms with E-state index in [0.717, 1.165) is 6.42 Å². The lowest BCUT2D eigenvalue weighted by atomic mass is 10.2. The Morgan fingerprint density at radius 3 is 2.64 bits per heavy atom. The van der Waals surface area contributed by atoms with E-state index in [2.05, 4.69) is 5.32 Å². The molecule has 0 radical (unpaired) electrons. The third kappa shape index (κ3) is 5.50. The van der Waals surface area contributed by atoms with E-state index >= 15 is 0 Å². The van der Waals surface area contributed by atoms with E-state index < -0.39 is 0 Å². The van der Waals surface area contributed by atoms with Crippen molar-refractivity contribution in [3.8, 4) is 5.75 Å². The van der Waals surface area contributed by atoms with Crippen LogP contribution in [-0.2, 0) is 4.79 Å². The maximum atomic E-state index is 12.5. The van der Waals surface area contributed by atoms with Gasteiger partial charge in [0.15, 0.2) is 0 Å². The summed E-state index contributed by atoms with van der Waals surface area (Å²) in [7, 11) is 1.58. The van der Waals surface area contributed by atoms with Crippen molar-refractivity contribution < 1.29 is 14.3 Å². The van der Waals surface area contributed by atoms with Crippen LogP contribution in [0.1, 0.15) is 23.7 Å². The summed E-state index contributed by atoms with van der Waals surface area (Å²) < 4.78 is 5.53. The number of carbonyl (C=O) groups is 2. The number of carbonyl (C=O) groups excluding carboxylic acids is 2. The molecule has 2 aromatic rings. The smallest absolute Gasteiger partial charge is 0.254 e. The molecule has 0 unspecified atom stereocenters. The van der Waals surface area contributed by atoms with E-state index in [1.807, 2.05) is 6.92 Å². The van der Waals surface area contributed by atoms with Crippen LogP contribution in [0.25, 0.3) is 0 Å². The number of nitrogens with zero attached hydrogens (tertiary/aromatic N) is 1. The summed E-state index contributed by atoms with van der Waals surface area (Å²) in [5, 5.41) is 3.15. The minimum atomic E-state index is -0.317. The van der Waals surface area contributed by atoms with Crippen LogP contribution in [0.2, 0.25) is 5.02 Å². The molecule has 0 aliphatic rings. The second-order valence-corrected chi connectivity index (χ2v) is 5.97. The van der Waals surface area contributed by atoms with Crippen molar-refractivity contribution >= 4 is 29.1 Å². The molecule has 0 fully saturated rings. The van der Waals surface area contributed by atoms with Crippen molar-refractivity contribution in [1.29, 1.82) is 0 Å². The van der Waals surface area contributed by atoms with Crippen LogP contribution in [0, 0.1) is 0 Å². The number of amides is 2. The van der Waals surface area contributed by atoms with Gasteiger partial charge < -0.3 is 15.0 Å². The molecule has 1 N–H and O–H groups in total. The Kier molecular flexibility index (Phi) is 6.83. The first-order chi connectivity index (χ1) is 12.0. The van der Waals surface area contributed by atoms with Crippen LogP contribution in [0.5, 0.6) is 5.75 Å². The minimum absolute atomic E-state index is 0.0793. The number of para-hydroxylation sites is 1. The zero-order valence-electron chi connectivity index (χ0n) is 14.3. The van der Waals surface area contributed by atoms with Crippen molar-refractivity contribution in [3.05, 3.63) is 59.1 Å². The third-order valence-electron chi connectivity index (χ3n) is 3.43. The predicted octanol–water partition coefficient (Wildman–Crippen LogP) is 3.84. The lowest BCUT2D eigenvalue weighted by molar-refractivity contribution is -0.116. The zero-order chi connectivity index (χ0) is 18.2. The highest BCUT2D eigenvalue weighted by Crippen LogP contribution is 2.20. The number of ether oxygens (including phenoxy) is 1. The number of nitrogens with one attached hydrogen (secondary N) is 1. The molecule has 5 nitrogen and oxygen atoms in total. The second kappa shape index (κ2) is 9.08. The molecule has 132 valence electrons. The Balaban J connectivity index is 1.98. The van der Waals surface area contributed by atoms with E-state index in [1.54, 1.807) is 55.6 Å². The second-order valence-electron chi connectivity index (χ2n) is 5.57. The van der Waals surface area contributed by atoms with Crippen molar-refractivity contribution in [2.45, 2.75) is 13.3 Å². The first kappa shape index (κ1) is 18.8. The number of benzene rings is 2. The lowest BCUT2D eigenvalue weighted by Crippen LogP contribution is -2.35. The maximum absolute atomic E-state index is 12.5. The normalized spacial score (nSPS) is 10.2. The molecule has 0 atom stereocenters. The van der Waals surface area contributed by atoms with Gasteiger partial charge in [0.05, 0.1) is 23.9 Å². The minimum Gasteiger partial charge on any atom is -0.494 e. The molecule has 0 aliphatic carbocycles. The Labute approximate surface area is 152 Å². The van der Waals surface area contributed by atoms with Crippen LogP contribution in [0.3, 0.4) is 0 Å². The van der Waals surface area contributed by atoms with E-state index in [0.29, 0.717) is 28.6 Å². The zero-order valence-corrected chi connectivity index (χ0v) is 15.0. The number of hydrogen-bond donors (Lipinski definition) is 1. The average molecular weight is 361 g/mol. The van der Waals surface area contributed by atoms with Crippen molar-refractivity contribution in [2.24, 2.45) is 0 Å². The van der Waals surface area contributed by atoms with Gasteiger partial charge in [-0.25, -0.2) is 0 Å². The van der Waals surface area contributed by atoms with E-state index in [9.17, 15) is 9.59 Å². The highest BCUT2D eigenvalue weighted by Gasteiger charge is 2.16. The summed E-state index contributed by atoms with van der Waals surface area (Å²) in [6.45, 7) is 2.53. The fourth-order valence-corrected chi connectivity index (χ4v) is 2.38. The van der Waals surface area contributed by atoms with Crippen molar-refractivity contribution in [2.75, 3.05) is 25.5 Å². The molecule has 0 aliphatic heterocycles. The molecule has 2 rings (SSSR count). The van der Waals surface area contributed by atoms with Crippen LogP contribution in [0.4, 0.5) is 5.69 Å². The van der Waals surface area contributed by atoms with Gasteiger partial charge in [-0.2, -0.15) is 0 Å². The van der Waals surface area contributed by atoms with Crippen LogP contribution < -0.4 is 10.1 Å². The number of rotatable bonds is 7. The highest BCUT2D eigenvalue weighted by atomic mass is 35.5. The summed E-state index contributed by atoms with van der Waals surface area (Å²) in [5.41, 5.74) is 0.992. The molecule has 0 saturated heterocycles. The molecule has 0 spiro atoms. The van der Waals surface area contributed by atoms with Gasteiger partial charge in [0.25, 0.3) is 5.91 Å². The molecule has 0 aromatic heterocycles. The molecular weight excluding hydrogens is 340 g/mol. The van der Waals surface area contributed by atoms with Gasteiger partial charge in [0.1, 0.15) is 5.75 Å². The molecule has 0 bridgehead atoms. The lowest BCUT2D eigenvalue weighted by Gasteiger charge is -2.17. The van der Waals surface area contributed by atoms with Crippen molar-refractivity contribution in [1.82, 2.24) is 4.90 Å². The third-order valence-corrected chi connectivity index (χ3v) is 3.76. The number of likely N-dealkylation sites (N-methyl/N-ethyl adjacent to an activating group) is 1. The van der Waals surface area contributed by atoms with Crippen molar-refractivity contribution in [3.63, 3.8) is 0 Å². The number of anilines is 1. The first-order valence-electron chi connectivity index (χ1n) is 8.04. The van der Waals surface area contributed by atoms with Gasteiger partial charge >= 0.3 is 0 Å². The molecule has 6 heteroatoms. The predicted molar refractivity (Wildman–Crippen MR) is 99.3 cm³/mol. The fraction of sp³-hybridized carbons (Fsp3) is 0.263. The number of hydrogen-bond acceptors (Lipinski definition) is 3. The Morgan fingerprint density at radius 2 is 1.92 bits per heavy atom. The summed E-state index contributed by atoms with van der Waals surface area (Å²) in [6, 6.07) is 13.9. The molecule has 2 aromatic carbocycles. The van der Waals surface area contributed by atoms with Gasteiger partial charge in [-0.3, -0.25) is 9.59 Å². The topological polar surface area (TPSA) is 58.6 Å². The quantitative estimate of drug-likeness (QED) is 0.816. The molecule has 2 amide bonds. The average Bonchev–Trinajstić information content (AvgIpc) is 2.61. The summed E-state index contributed by atoms with van der Waals surface area (Å²) in [6.07, 6.45) is 0.889. The fourth-order valence-electron chi connectivity index (χ4n) is 2.20. The Hall–Kier alpha value is -2.53. The molecular formula is C19H21ClN2O3. The maximum Gasteiger partial charge on any atom is 0.254 e. The standard InChI is InChI=1S/C19H21ClN2O3/c1-3-11-25-15-8-6-7-14(12-15)19(24)22(2)13-18(23)21-17-10-5-4-9-16(17)20/h4-10,12H,3,11,13H2,1-2H3,(H,21,23). The van der Waals surface area contributed by atoms with Crippen LogP contribution >= 0.6 is 11.6 Å². The summed E-state index contributed by atoms with van der Waals surface area (Å²) in [5.74, 6) is 0.0696. The van der Waals surface area contributed by atoms with E-state index in [-0.39, 0.29) is 18.4 Å².